The van der Waals surface area contributed by atoms with Gasteiger partial charge in [-0.1, -0.05) is 78.2 Å². The lowest BCUT2D eigenvalue weighted by Crippen LogP contribution is -2.64. The standard InChI is InChI=1S/C58H95NO15Si/c1-15-22-42-30-36(2)29-37(3)31-48(69-11)53-49(70-12)33-39(5)58(67,73-53)54(64)55(65)59-28-21-20-23-43(59)56(66)72-52(40(6)46(35-44(42)60)74-75(13,14)57(7,8)9)38(4)32-41-26-27-45(47(34-41)68-10)71-51(63)25-19-17-16-18-24-50(61)62/h15,30,32,37,39-43,45-49,52-53,67H,1,16-29,31,33-35H2,2-14H3,(H,61,62)/b36-30+,38-32+/t37-,39+,40+,41-,42+,43-,45+,46-,47+,48-,49-,52+,53+,58+/m0/s1. The number of unbranched alkanes of at least 4 members (excludes halogenated alkanes) is 3. The summed E-state index contributed by atoms with van der Waals surface area (Å²) >= 11 is 0. The number of esters is 2. The van der Waals surface area contributed by atoms with Crippen molar-refractivity contribution in [3.05, 3.63) is 36.0 Å². The van der Waals surface area contributed by atoms with Crippen LogP contribution in [0.25, 0.3) is 0 Å². The van der Waals surface area contributed by atoms with Gasteiger partial charge in [-0.15, -0.1) is 6.58 Å². The van der Waals surface area contributed by atoms with Crippen LogP contribution in [0.1, 0.15) is 165 Å². The molecule has 1 saturated carbocycles. The third kappa shape index (κ3) is 17.5. The minimum absolute atomic E-state index is 0.00318. The first-order valence-corrected chi connectivity index (χ1v) is 30.7. The minimum atomic E-state index is -2.62. The Morgan fingerprint density at radius 3 is 2.12 bits per heavy atom. The monoisotopic (exact) mass is 1070 g/mol. The molecule has 2 N–H and O–H groups in total. The molecule has 426 valence electrons. The molecule has 3 aliphatic heterocycles. The van der Waals surface area contributed by atoms with Gasteiger partial charge in [-0.25, -0.2) is 4.79 Å². The summed E-state index contributed by atoms with van der Waals surface area (Å²) in [5.41, 5.74) is 1.70. The SMILES string of the molecule is C=CC[C@@H]1/C=C(\C)C[C@H](C)C[C@H](OC)[C@H]2O[C@@](O)(C(=O)C(=O)N3CCCC[C@H]3C(=O)O[C@H](/C(C)=C/[C@@H]3CC[C@@H](OC(=O)CCCCCCC(=O)O)[C@H](OC)C3)[C@H](C)[C@@H](O[Si](C)(C)C(C)(C)C)CC1=O)[C@H](C)C[C@@H]2OC. The number of cyclic esters (lactones) is 1. The molecule has 14 atom stereocenters. The van der Waals surface area contributed by atoms with Crippen LogP contribution in [0.4, 0.5) is 0 Å². The van der Waals surface area contributed by atoms with Crippen molar-refractivity contribution in [1.82, 2.24) is 4.90 Å². The van der Waals surface area contributed by atoms with Crippen LogP contribution in [-0.4, -0.2) is 141 Å². The van der Waals surface area contributed by atoms with E-state index in [1.807, 2.05) is 26.8 Å². The molecule has 17 heteroatoms. The first kappa shape index (κ1) is 63.9. The van der Waals surface area contributed by atoms with E-state index in [0.29, 0.717) is 69.8 Å². The Kier molecular flexibility index (Phi) is 24.6. The number of rotatable bonds is 17. The van der Waals surface area contributed by atoms with Gasteiger partial charge < -0.3 is 48.0 Å². The Morgan fingerprint density at radius 2 is 1.51 bits per heavy atom. The highest BCUT2D eigenvalue weighted by Gasteiger charge is 2.57. The molecule has 4 aliphatic rings. The smallest absolute Gasteiger partial charge is 0.329 e. The van der Waals surface area contributed by atoms with Gasteiger partial charge in [0.1, 0.15) is 30.1 Å². The van der Waals surface area contributed by atoms with Gasteiger partial charge in [0.15, 0.2) is 8.32 Å². The molecule has 4 rings (SSSR count). The zero-order chi connectivity index (χ0) is 56.0. The van der Waals surface area contributed by atoms with Crippen molar-refractivity contribution in [2.24, 2.45) is 29.6 Å². The predicted octanol–water partition coefficient (Wildman–Crippen LogP) is 9.64. The molecule has 2 bridgehead atoms. The summed E-state index contributed by atoms with van der Waals surface area (Å²) in [4.78, 5) is 84.2. The number of carbonyl (C=O) groups is 6. The number of piperidine rings is 1. The Hall–Kier alpha value is -3.58. The number of carbonyl (C=O) groups excluding carboxylic acids is 5. The van der Waals surface area contributed by atoms with Gasteiger partial charge in [0.05, 0.1) is 24.4 Å². The van der Waals surface area contributed by atoms with E-state index in [4.69, 9.17) is 38.0 Å². The highest BCUT2D eigenvalue weighted by Crippen LogP contribution is 2.42. The first-order valence-electron chi connectivity index (χ1n) is 27.8. The lowest BCUT2D eigenvalue weighted by atomic mass is 9.81. The molecule has 1 aliphatic carbocycles. The number of allylic oxidation sites excluding steroid dienone is 4. The normalized spacial score (nSPS) is 34.3. The molecule has 3 fully saturated rings. The Labute approximate surface area is 449 Å². The number of fused-ring (bicyclic) bond motifs is 3. The fourth-order valence-corrected chi connectivity index (χ4v) is 12.8. The second-order valence-electron chi connectivity index (χ2n) is 23.9. The number of amides is 1. The summed E-state index contributed by atoms with van der Waals surface area (Å²) < 4.78 is 44.1. The number of aliphatic hydroxyl groups is 1. The van der Waals surface area contributed by atoms with Gasteiger partial charge in [-0.3, -0.25) is 24.0 Å². The van der Waals surface area contributed by atoms with E-state index in [1.54, 1.807) is 27.2 Å². The van der Waals surface area contributed by atoms with Crippen molar-refractivity contribution < 1.29 is 71.8 Å². The number of hydrogen-bond donors (Lipinski definition) is 2. The lowest BCUT2D eigenvalue weighted by molar-refractivity contribution is -0.302. The molecule has 0 spiro atoms. The average Bonchev–Trinajstić information content (AvgIpc) is 3.35. The fraction of sp³-hybridized carbons (Fsp3) is 0.793. The minimum Gasteiger partial charge on any atom is -0.481 e. The highest BCUT2D eigenvalue weighted by atomic mass is 28.4. The van der Waals surface area contributed by atoms with E-state index in [9.17, 15) is 29.1 Å². The van der Waals surface area contributed by atoms with Gasteiger partial charge in [0, 0.05) is 64.9 Å². The van der Waals surface area contributed by atoms with Crippen LogP contribution in [0.5, 0.6) is 0 Å². The maximum absolute atomic E-state index is 15.0. The quantitative estimate of drug-likeness (QED) is 0.0457. The molecule has 0 unspecified atom stereocenters. The van der Waals surface area contributed by atoms with E-state index < -0.39 is 104 Å². The lowest BCUT2D eigenvalue weighted by Gasteiger charge is -2.47. The zero-order valence-corrected chi connectivity index (χ0v) is 48.8. The van der Waals surface area contributed by atoms with Crippen LogP contribution in [0.2, 0.25) is 18.1 Å². The number of ether oxygens (including phenoxy) is 6. The number of hydrogen-bond acceptors (Lipinski definition) is 14. The second-order valence-corrected chi connectivity index (χ2v) is 28.6. The average molecular weight is 1070 g/mol. The van der Waals surface area contributed by atoms with E-state index in [2.05, 4.69) is 53.4 Å². The van der Waals surface area contributed by atoms with Crippen LogP contribution in [0, 0.1) is 29.6 Å². The van der Waals surface area contributed by atoms with E-state index in [1.165, 1.54) is 12.0 Å². The van der Waals surface area contributed by atoms with Gasteiger partial charge in [-0.05, 0) is 126 Å². The number of Topliss-reactive ketones (excluding diaryl/α,β-unsaturated/α-hetero) is 2. The third-order valence-corrected chi connectivity index (χ3v) is 21.4. The zero-order valence-electron chi connectivity index (χ0n) is 47.8. The summed E-state index contributed by atoms with van der Waals surface area (Å²) in [6.45, 7) is 24.3. The maximum atomic E-state index is 15.0. The summed E-state index contributed by atoms with van der Waals surface area (Å²) in [5.74, 6) is -8.68. The van der Waals surface area contributed by atoms with Crippen LogP contribution < -0.4 is 0 Å². The third-order valence-electron chi connectivity index (χ3n) is 16.9. The number of aliphatic carboxylic acids is 1. The largest absolute Gasteiger partial charge is 0.481 e. The molecule has 0 aromatic rings. The summed E-state index contributed by atoms with van der Waals surface area (Å²) in [7, 11) is 2.06. The Morgan fingerprint density at radius 1 is 0.867 bits per heavy atom. The molecule has 0 aromatic heterocycles. The van der Waals surface area contributed by atoms with Gasteiger partial charge in [-0.2, -0.15) is 0 Å². The van der Waals surface area contributed by atoms with Crippen molar-refractivity contribution in [3.8, 4) is 0 Å². The Bertz CT molecular complexity index is 2010. The van der Waals surface area contributed by atoms with Crippen molar-refractivity contribution in [2.45, 2.75) is 237 Å². The summed E-state index contributed by atoms with van der Waals surface area (Å²) in [6.07, 6.45) is 8.83. The first-order chi connectivity index (χ1) is 35.2. The number of nitrogens with zero attached hydrogens (tertiary/aromatic N) is 1. The number of methoxy groups -OCH3 is 3. The van der Waals surface area contributed by atoms with E-state index in [-0.39, 0.29) is 67.3 Å². The summed E-state index contributed by atoms with van der Waals surface area (Å²) in [6, 6.07) is -1.16. The second kappa shape index (κ2) is 28.9. The van der Waals surface area contributed by atoms with Crippen LogP contribution in [-0.2, 0) is 61.6 Å². The molecule has 2 saturated heterocycles. The maximum Gasteiger partial charge on any atom is 0.329 e. The van der Waals surface area contributed by atoms with E-state index >= 15 is 4.79 Å². The number of ketones is 2. The molecule has 0 aromatic carbocycles. The van der Waals surface area contributed by atoms with E-state index in [0.717, 1.165) is 18.4 Å². The predicted molar refractivity (Wildman–Crippen MR) is 288 cm³/mol. The van der Waals surface area contributed by atoms with Gasteiger partial charge >= 0.3 is 17.9 Å². The van der Waals surface area contributed by atoms with Crippen molar-refractivity contribution in [1.29, 1.82) is 0 Å². The van der Waals surface area contributed by atoms with Gasteiger partial charge in [0.2, 0.25) is 5.79 Å². The Balaban J connectivity index is 1.80. The topological polar surface area (TPSA) is 211 Å². The van der Waals surface area contributed by atoms with Crippen molar-refractivity contribution in [2.75, 3.05) is 27.9 Å². The van der Waals surface area contributed by atoms with Crippen LogP contribution in [0.3, 0.4) is 0 Å². The number of carboxylic acid groups (broad SMARTS) is 1. The number of carboxylic acids is 1. The van der Waals surface area contributed by atoms with Gasteiger partial charge in [0.25, 0.3) is 11.7 Å². The highest BCUT2D eigenvalue weighted by molar-refractivity contribution is 6.74. The molecule has 0 radical (unpaired) electrons. The molecule has 3 heterocycles. The molecule has 75 heavy (non-hydrogen) atoms. The fourth-order valence-electron chi connectivity index (χ4n) is 11.4. The molecule has 1 amide bonds. The van der Waals surface area contributed by atoms with Crippen LogP contribution in [0.15, 0.2) is 36.0 Å². The van der Waals surface area contributed by atoms with Crippen molar-refractivity contribution >= 4 is 43.7 Å². The molecular formula is C58H95NO15Si. The summed E-state index contributed by atoms with van der Waals surface area (Å²) in [5, 5.41) is 21.0. The molecule has 16 nitrogen and oxygen atoms in total. The molecular weight excluding hydrogens is 979 g/mol. The van der Waals surface area contributed by atoms with Crippen LogP contribution >= 0.6 is 0 Å². The van der Waals surface area contributed by atoms with Crippen molar-refractivity contribution in [3.63, 3.8) is 0 Å².